The summed E-state index contributed by atoms with van der Waals surface area (Å²) in [4.78, 5) is 3.36. The molecular weight excluding hydrogens is 300 g/mol. The average Bonchev–Trinajstić information content (AvgIpc) is 3.08. The fourth-order valence-electron chi connectivity index (χ4n) is 3.59. The van der Waals surface area contributed by atoms with Crippen LogP contribution in [0.2, 0.25) is 0 Å². The Kier molecular flexibility index (Phi) is 3.69. The van der Waals surface area contributed by atoms with Gasteiger partial charge in [0.2, 0.25) is 0 Å². The van der Waals surface area contributed by atoms with Crippen LogP contribution in [0, 0.1) is 6.92 Å². The predicted molar refractivity (Wildman–Crippen MR) is 95.4 cm³/mol. The van der Waals surface area contributed by atoms with Crippen LogP contribution in [0.1, 0.15) is 12.0 Å². The number of nitrogens with one attached hydrogen (secondary N) is 2. The van der Waals surface area contributed by atoms with Crippen molar-refractivity contribution in [1.82, 2.24) is 10.3 Å². The van der Waals surface area contributed by atoms with Crippen LogP contribution in [0.3, 0.4) is 0 Å². The van der Waals surface area contributed by atoms with E-state index >= 15 is 0 Å². The first-order chi connectivity index (χ1) is 11.8. The topological polar surface area (TPSA) is 46.3 Å². The Balaban J connectivity index is 1.79. The monoisotopic (exact) mass is 321 g/mol. The molecule has 2 aromatic carbocycles. The van der Waals surface area contributed by atoms with Gasteiger partial charge < -0.3 is 19.8 Å². The number of hydrogen-bond acceptors (Lipinski definition) is 3. The minimum absolute atomic E-state index is 0.172. The van der Waals surface area contributed by atoms with E-state index in [2.05, 4.69) is 41.6 Å². The summed E-state index contributed by atoms with van der Waals surface area (Å²) in [6.07, 6.45) is 2.52. The van der Waals surface area contributed by atoms with Crippen molar-refractivity contribution >= 4 is 10.9 Å². The van der Waals surface area contributed by atoms with Crippen LogP contribution in [0.15, 0.2) is 54.7 Å². The van der Waals surface area contributed by atoms with E-state index in [-0.39, 0.29) is 6.10 Å². The number of aromatic nitrogens is 1. The molecule has 24 heavy (non-hydrogen) atoms. The van der Waals surface area contributed by atoms with E-state index in [1.807, 2.05) is 37.4 Å². The number of fused-ring (bicyclic) bond motifs is 2. The molecule has 4 nitrogen and oxygen atoms in total. The summed E-state index contributed by atoms with van der Waals surface area (Å²) in [5, 5.41) is 4.65. The molecule has 3 aromatic rings. The highest BCUT2D eigenvalue weighted by molar-refractivity contribution is 5.84. The van der Waals surface area contributed by atoms with E-state index in [1.165, 1.54) is 5.39 Å². The summed E-state index contributed by atoms with van der Waals surface area (Å²) in [7, 11) is 1.96. The molecule has 0 aliphatic carbocycles. The van der Waals surface area contributed by atoms with Crippen LogP contribution in [0.5, 0.6) is 11.5 Å². The lowest BCUT2D eigenvalue weighted by Gasteiger charge is -2.42. The third-order valence-corrected chi connectivity index (χ3v) is 4.97. The normalized spacial score (nSPS) is 19.2. The van der Waals surface area contributed by atoms with Gasteiger partial charge >= 0.3 is 0 Å². The van der Waals surface area contributed by atoms with Gasteiger partial charge in [0, 0.05) is 22.7 Å². The summed E-state index contributed by atoms with van der Waals surface area (Å²) >= 11 is 0. The van der Waals surface area contributed by atoms with E-state index in [0.717, 1.165) is 22.6 Å². The van der Waals surface area contributed by atoms with Crippen LogP contribution in [-0.2, 0) is 5.54 Å². The van der Waals surface area contributed by atoms with Crippen molar-refractivity contribution in [2.24, 2.45) is 0 Å². The molecule has 1 aromatic heterocycles. The first kappa shape index (κ1) is 15.1. The molecule has 2 atom stereocenters. The Bertz CT molecular complexity index is 851. The van der Waals surface area contributed by atoms with Gasteiger partial charge in [0.25, 0.3) is 0 Å². The standard InChI is InChI=1S/C20H21N2O2/c1-3-20(21-2,15-12-22-16-9-5-4-8-14(15)16)19-13-23-17-10-6-7-11-18(17)24-19/h4-12,19,21-22H,1,3,13H2,2H3. The SMILES string of the molecule is [CH2]CC(NC)(c1c[nH]c2ccccc12)C1COc2ccccc2O1. The van der Waals surface area contributed by atoms with Gasteiger partial charge in [-0.05, 0) is 31.7 Å². The zero-order valence-corrected chi connectivity index (χ0v) is 13.7. The zero-order chi connectivity index (χ0) is 16.6. The Morgan fingerprint density at radius 3 is 2.71 bits per heavy atom. The van der Waals surface area contributed by atoms with Crippen LogP contribution >= 0.6 is 0 Å². The van der Waals surface area contributed by atoms with E-state index in [4.69, 9.17) is 9.47 Å². The molecule has 1 aliphatic heterocycles. The van der Waals surface area contributed by atoms with Crippen molar-refractivity contribution in [3.63, 3.8) is 0 Å². The average molecular weight is 321 g/mol. The van der Waals surface area contributed by atoms with Crippen molar-refractivity contribution in [3.05, 3.63) is 67.2 Å². The number of likely N-dealkylation sites (N-methyl/N-ethyl adjacent to an activating group) is 1. The zero-order valence-electron chi connectivity index (χ0n) is 13.7. The molecule has 4 heteroatoms. The highest BCUT2D eigenvalue weighted by Gasteiger charge is 2.43. The van der Waals surface area contributed by atoms with E-state index in [9.17, 15) is 0 Å². The van der Waals surface area contributed by atoms with Gasteiger partial charge in [0.15, 0.2) is 17.6 Å². The van der Waals surface area contributed by atoms with Crippen LogP contribution < -0.4 is 14.8 Å². The van der Waals surface area contributed by atoms with Crippen molar-refractivity contribution < 1.29 is 9.47 Å². The van der Waals surface area contributed by atoms with Crippen LogP contribution in [0.25, 0.3) is 10.9 Å². The quantitative estimate of drug-likeness (QED) is 0.771. The maximum Gasteiger partial charge on any atom is 0.161 e. The molecular formula is C20H21N2O2. The molecule has 0 spiro atoms. The van der Waals surface area contributed by atoms with Crippen LogP contribution in [0.4, 0.5) is 0 Å². The second-order valence-electron chi connectivity index (χ2n) is 6.08. The number of H-pyrrole nitrogens is 1. The number of benzene rings is 2. The maximum absolute atomic E-state index is 6.31. The molecule has 1 radical (unpaired) electrons. The van der Waals surface area contributed by atoms with Gasteiger partial charge in [-0.25, -0.2) is 0 Å². The predicted octanol–water partition coefficient (Wildman–Crippen LogP) is 3.65. The second-order valence-corrected chi connectivity index (χ2v) is 6.08. The van der Waals surface area contributed by atoms with Crippen LogP contribution in [-0.4, -0.2) is 24.7 Å². The van der Waals surface area contributed by atoms with Gasteiger partial charge in [0.1, 0.15) is 6.61 Å². The lowest BCUT2D eigenvalue weighted by Crippen LogP contribution is -2.55. The molecule has 0 fully saturated rings. The molecule has 0 saturated heterocycles. The number of para-hydroxylation sites is 3. The fourth-order valence-corrected chi connectivity index (χ4v) is 3.59. The summed E-state index contributed by atoms with van der Waals surface area (Å²) in [6.45, 7) is 4.69. The Labute approximate surface area is 141 Å². The highest BCUT2D eigenvalue weighted by atomic mass is 16.6. The smallest absolute Gasteiger partial charge is 0.161 e. The van der Waals surface area contributed by atoms with E-state index in [0.29, 0.717) is 13.0 Å². The Hall–Kier alpha value is -2.46. The molecule has 2 heterocycles. The number of rotatable bonds is 4. The van der Waals surface area contributed by atoms with Crippen molar-refractivity contribution in [2.45, 2.75) is 18.1 Å². The molecule has 0 saturated carbocycles. The number of ether oxygens (including phenoxy) is 2. The lowest BCUT2D eigenvalue weighted by molar-refractivity contribution is 0.0177. The summed E-state index contributed by atoms with van der Waals surface area (Å²) < 4.78 is 12.3. The third-order valence-electron chi connectivity index (χ3n) is 4.97. The minimum Gasteiger partial charge on any atom is -0.486 e. The Morgan fingerprint density at radius 2 is 1.92 bits per heavy atom. The fraction of sp³-hybridized carbons (Fsp3) is 0.250. The van der Waals surface area contributed by atoms with E-state index < -0.39 is 5.54 Å². The molecule has 4 rings (SSSR count). The van der Waals surface area contributed by atoms with Gasteiger partial charge in [-0.15, -0.1) is 0 Å². The summed E-state index contributed by atoms with van der Waals surface area (Å²) in [5.41, 5.74) is 1.83. The summed E-state index contributed by atoms with van der Waals surface area (Å²) in [6, 6.07) is 16.1. The highest BCUT2D eigenvalue weighted by Crippen LogP contribution is 2.40. The van der Waals surface area contributed by atoms with E-state index in [1.54, 1.807) is 0 Å². The molecule has 123 valence electrons. The lowest BCUT2D eigenvalue weighted by atomic mass is 9.81. The second kappa shape index (κ2) is 5.87. The largest absolute Gasteiger partial charge is 0.486 e. The molecule has 0 amide bonds. The molecule has 2 unspecified atom stereocenters. The summed E-state index contributed by atoms with van der Waals surface area (Å²) in [5.74, 6) is 1.57. The minimum atomic E-state index is -0.437. The molecule has 0 bridgehead atoms. The van der Waals surface area contributed by atoms with Gasteiger partial charge in [0.05, 0.1) is 5.54 Å². The first-order valence-corrected chi connectivity index (χ1v) is 8.22. The van der Waals surface area contributed by atoms with Crippen molar-refractivity contribution in [2.75, 3.05) is 13.7 Å². The van der Waals surface area contributed by atoms with Crippen molar-refractivity contribution in [3.8, 4) is 11.5 Å². The maximum atomic E-state index is 6.31. The first-order valence-electron chi connectivity index (χ1n) is 8.22. The van der Waals surface area contributed by atoms with Gasteiger partial charge in [-0.2, -0.15) is 0 Å². The van der Waals surface area contributed by atoms with Crippen molar-refractivity contribution in [1.29, 1.82) is 0 Å². The molecule has 2 N–H and O–H groups in total. The van der Waals surface area contributed by atoms with Gasteiger partial charge in [-0.1, -0.05) is 37.3 Å². The molecule has 1 aliphatic rings. The number of hydrogen-bond donors (Lipinski definition) is 2. The number of aromatic amines is 1. The third kappa shape index (κ3) is 2.18. The Morgan fingerprint density at radius 1 is 1.17 bits per heavy atom. The van der Waals surface area contributed by atoms with Gasteiger partial charge in [-0.3, -0.25) is 0 Å².